The Bertz CT molecular complexity index is 272. The van der Waals surface area contributed by atoms with Crippen LogP contribution in [0.25, 0.3) is 5.70 Å². The number of allylic oxidation sites excluding steroid dienone is 3. The van der Waals surface area contributed by atoms with E-state index in [1.165, 1.54) is 19.4 Å². The van der Waals surface area contributed by atoms with Crippen LogP contribution in [0.5, 0.6) is 0 Å². The van der Waals surface area contributed by atoms with Gasteiger partial charge in [-0.3, -0.25) is 0 Å². The van der Waals surface area contributed by atoms with Crippen LogP contribution < -0.4 is 0 Å². The Morgan fingerprint density at radius 1 is 1.64 bits per heavy atom. The molecule has 0 atom stereocenters. The maximum atomic E-state index is 4.03. The quantitative estimate of drug-likeness (QED) is 0.768. The van der Waals surface area contributed by atoms with E-state index in [1.54, 1.807) is 10.9 Å². The van der Waals surface area contributed by atoms with E-state index < -0.39 is 0 Å². The van der Waals surface area contributed by atoms with Gasteiger partial charge in [-0.25, -0.2) is 0 Å². The predicted octanol–water partition coefficient (Wildman–Crippen LogP) is 1.26. The molecule has 56 valence electrons. The minimum atomic E-state index is 0.882. The number of hydrogen-bond acceptors (Lipinski definition) is 1. The molecule has 1 rings (SSSR count). The van der Waals surface area contributed by atoms with Crippen molar-refractivity contribution in [1.82, 2.24) is 9.78 Å². The van der Waals surface area contributed by atoms with Crippen LogP contribution in [0.3, 0.4) is 0 Å². The van der Waals surface area contributed by atoms with Gasteiger partial charge in [0.2, 0.25) is 0 Å². The van der Waals surface area contributed by atoms with Gasteiger partial charge in [0.1, 0.15) is 0 Å². The Labute approximate surface area is 76.6 Å². The summed E-state index contributed by atoms with van der Waals surface area (Å²) in [6.07, 6.45) is 7.51. The molecule has 0 bridgehead atoms. The van der Waals surface area contributed by atoms with Crippen LogP contribution in [0.4, 0.5) is 0 Å². The second-order valence-corrected chi connectivity index (χ2v) is 2.91. The van der Waals surface area contributed by atoms with Crippen LogP contribution in [0.2, 0.25) is 0 Å². The summed E-state index contributed by atoms with van der Waals surface area (Å²) in [5.74, 6) is 0. The van der Waals surface area contributed by atoms with Crippen molar-refractivity contribution in [3.63, 3.8) is 0 Å². The molecule has 0 unspecified atom stereocenters. The fourth-order valence-electron chi connectivity index (χ4n) is 0.665. The molecule has 0 aliphatic carbocycles. The van der Waals surface area contributed by atoms with Crippen molar-refractivity contribution in [3.8, 4) is 0 Å². The van der Waals surface area contributed by atoms with Crippen molar-refractivity contribution < 1.29 is 19.4 Å². The first-order valence-corrected chi connectivity index (χ1v) is 4.84. The Morgan fingerprint density at radius 3 is 3.00 bits per heavy atom. The third kappa shape index (κ3) is 2.39. The molecular formula is C8H8N2W. The number of nitrogens with zero attached hydrogens (tertiary/aromatic N) is 2. The summed E-state index contributed by atoms with van der Waals surface area (Å²) in [5.41, 5.74) is 0.882. The van der Waals surface area contributed by atoms with Gasteiger partial charge < -0.3 is 0 Å². The molecule has 2 nitrogen and oxygen atoms in total. The van der Waals surface area contributed by atoms with E-state index in [4.69, 9.17) is 0 Å². The van der Waals surface area contributed by atoms with Gasteiger partial charge >= 0.3 is 76.4 Å². The topological polar surface area (TPSA) is 17.8 Å². The molecule has 0 aliphatic rings. The van der Waals surface area contributed by atoms with Crippen molar-refractivity contribution in [3.05, 3.63) is 37.2 Å². The number of rotatable bonds is 3. The van der Waals surface area contributed by atoms with E-state index in [0.717, 1.165) is 5.70 Å². The summed E-state index contributed by atoms with van der Waals surface area (Å²) >= 11 is 1.43. The first-order chi connectivity index (χ1) is 5.34. The third-order valence-electron chi connectivity index (χ3n) is 1.17. The average molecular weight is 316 g/mol. The van der Waals surface area contributed by atoms with Crippen molar-refractivity contribution in [2.75, 3.05) is 0 Å². The van der Waals surface area contributed by atoms with Crippen LogP contribution in [0.15, 0.2) is 37.2 Å². The van der Waals surface area contributed by atoms with Crippen LogP contribution in [0, 0.1) is 0 Å². The summed E-state index contributed by atoms with van der Waals surface area (Å²) in [6, 6.07) is 1.87. The fraction of sp³-hybridized carbons (Fsp3) is 0. The second-order valence-electron chi connectivity index (χ2n) is 1.94. The van der Waals surface area contributed by atoms with Gasteiger partial charge in [-0.1, -0.05) is 0 Å². The standard InChI is InChI=1S/C8H8N2.W/c1-3-5-8(2)10-7-4-6-9-10;/h1,3-7H,2H2;/b5-3-;. The molecule has 1 aromatic rings. The number of aromatic nitrogens is 2. The van der Waals surface area contributed by atoms with Gasteiger partial charge in [-0.05, 0) is 0 Å². The molecule has 1 heterocycles. The molecular weight excluding hydrogens is 308 g/mol. The third-order valence-corrected chi connectivity index (χ3v) is 1.73. The molecule has 0 N–H and O–H groups in total. The zero-order valence-corrected chi connectivity index (χ0v) is 8.91. The molecule has 0 aromatic carbocycles. The molecule has 0 saturated heterocycles. The van der Waals surface area contributed by atoms with Crippen molar-refractivity contribution >= 4 is 10.1 Å². The van der Waals surface area contributed by atoms with E-state index in [0.29, 0.717) is 0 Å². The SMILES string of the molecule is C=C(/C=C\[CH]=[W])n1cccn1. The van der Waals surface area contributed by atoms with E-state index in [9.17, 15) is 0 Å². The van der Waals surface area contributed by atoms with Gasteiger partial charge in [0.15, 0.2) is 0 Å². The van der Waals surface area contributed by atoms with Gasteiger partial charge in [0.25, 0.3) is 0 Å². The molecule has 0 radical (unpaired) electrons. The molecule has 0 aliphatic heterocycles. The average Bonchev–Trinajstić information content (AvgIpc) is 2.52. The van der Waals surface area contributed by atoms with E-state index in [2.05, 4.69) is 11.7 Å². The predicted molar refractivity (Wildman–Crippen MR) is 42.8 cm³/mol. The van der Waals surface area contributed by atoms with Crippen LogP contribution in [0.1, 0.15) is 0 Å². The van der Waals surface area contributed by atoms with Crippen molar-refractivity contribution in [1.29, 1.82) is 0 Å². The minimum absolute atomic E-state index is 0.882. The normalized spacial score (nSPS) is 10.2. The zero-order chi connectivity index (χ0) is 8.10. The van der Waals surface area contributed by atoms with E-state index in [-0.39, 0.29) is 0 Å². The van der Waals surface area contributed by atoms with E-state index in [1.807, 2.05) is 28.8 Å². The molecule has 0 amide bonds. The van der Waals surface area contributed by atoms with Gasteiger partial charge in [0, 0.05) is 0 Å². The molecule has 1 aromatic heterocycles. The molecule has 3 heteroatoms. The summed E-state index contributed by atoms with van der Waals surface area (Å²) in [7, 11) is 0. The molecule has 0 spiro atoms. The molecule has 0 saturated carbocycles. The molecule has 0 fully saturated rings. The van der Waals surface area contributed by atoms with Crippen LogP contribution in [-0.4, -0.2) is 14.2 Å². The summed E-state index contributed by atoms with van der Waals surface area (Å²) in [4.78, 5) is 0. The Kier molecular flexibility index (Phi) is 3.18. The van der Waals surface area contributed by atoms with Crippen LogP contribution >= 0.6 is 0 Å². The number of hydrogen-bond donors (Lipinski definition) is 0. The monoisotopic (exact) mass is 316 g/mol. The summed E-state index contributed by atoms with van der Waals surface area (Å²) in [5, 5.41) is 4.03. The van der Waals surface area contributed by atoms with Gasteiger partial charge in [-0.15, -0.1) is 0 Å². The second kappa shape index (κ2) is 4.19. The Hall–Kier alpha value is -0.752. The Balaban J connectivity index is 2.71. The maximum absolute atomic E-state index is 4.03. The summed E-state index contributed by atoms with van der Waals surface area (Å²) < 4.78 is 3.77. The van der Waals surface area contributed by atoms with Crippen LogP contribution in [-0.2, 0) is 19.4 Å². The van der Waals surface area contributed by atoms with Gasteiger partial charge in [-0.2, -0.15) is 0 Å². The first kappa shape index (κ1) is 8.35. The van der Waals surface area contributed by atoms with Crippen molar-refractivity contribution in [2.24, 2.45) is 0 Å². The fourth-order valence-corrected chi connectivity index (χ4v) is 0.948. The first-order valence-electron chi connectivity index (χ1n) is 3.15. The zero-order valence-electron chi connectivity index (χ0n) is 5.97. The summed E-state index contributed by atoms with van der Waals surface area (Å²) in [6.45, 7) is 3.84. The van der Waals surface area contributed by atoms with Gasteiger partial charge in [0.05, 0.1) is 0 Å². The van der Waals surface area contributed by atoms with E-state index >= 15 is 0 Å². The molecule has 11 heavy (non-hydrogen) atoms. The Morgan fingerprint density at radius 2 is 2.45 bits per heavy atom. The van der Waals surface area contributed by atoms with Crippen molar-refractivity contribution in [2.45, 2.75) is 0 Å².